The van der Waals surface area contributed by atoms with Gasteiger partial charge in [0.05, 0.1) is 13.1 Å². The zero-order valence-electron chi connectivity index (χ0n) is 12.8. The molecule has 1 aliphatic heterocycles. The van der Waals surface area contributed by atoms with Crippen molar-refractivity contribution in [1.82, 2.24) is 4.98 Å². The van der Waals surface area contributed by atoms with Crippen LogP contribution in [0.3, 0.4) is 0 Å². The van der Waals surface area contributed by atoms with Crippen molar-refractivity contribution in [3.05, 3.63) is 22.8 Å². The van der Waals surface area contributed by atoms with Gasteiger partial charge in [0.2, 0.25) is 0 Å². The largest absolute Gasteiger partial charge is 0.514 e. The summed E-state index contributed by atoms with van der Waals surface area (Å²) in [4.78, 5) is 18.5. The average Bonchev–Trinajstić information content (AvgIpc) is 2.62. The molecular formula is C15H23BrN3O2+. The second-order valence-corrected chi connectivity index (χ2v) is 7.46. The van der Waals surface area contributed by atoms with E-state index in [1.807, 2.05) is 32.9 Å². The van der Waals surface area contributed by atoms with E-state index in [9.17, 15) is 9.90 Å². The van der Waals surface area contributed by atoms with Crippen LogP contribution >= 0.6 is 15.9 Å². The van der Waals surface area contributed by atoms with Crippen molar-refractivity contribution in [3.63, 3.8) is 0 Å². The summed E-state index contributed by atoms with van der Waals surface area (Å²) in [7, 11) is 0. The van der Waals surface area contributed by atoms with Gasteiger partial charge in [0.1, 0.15) is 17.9 Å². The van der Waals surface area contributed by atoms with Crippen LogP contribution in [0.25, 0.3) is 0 Å². The van der Waals surface area contributed by atoms with E-state index >= 15 is 0 Å². The molecule has 1 atom stereocenters. The molecule has 1 unspecified atom stereocenters. The summed E-state index contributed by atoms with van der Waals surface area (Å²) in [5, 5.41) is 9.77. The van der Waals surface area contributed by atoms with Crippen molar-refractivity contribution in [3.8, 4) is 0 Å². The minimum absolute atomic E-state index is 0.111. The molecule has 0 spiro atoms. The van der Waals surface area contributed by atoms with Crippen LogP contribution < -0.4 is 4.90 Å². The summed E-state index contributed by atoms with van der Waals surface area (Å²) in [6.07, 6.45) is 1.90. The van der Waals surface area contributed by atoms with Crippen LogP contribution in [-0.4, -0.2) is 52.4 Å². The molecule has 0 aromatic carbocycles. The van der Waals surface area contributed by atoms with Crippen molar-refractivity contribution in [2.24, 2.45) is 0 Å². The van der Waals surface area contributed by atoms with E-state index in [4.69, 9.17) is 0 Å². The Bertz CT molecular complexity index is 513. The molecule has 1 aromatic rings. The monoisotopic (exact) mass is 356 g/mol. The molecule has 21 heavy (non-hydrogen) atoms. The van der Waals surface area contributed by atoms with Crippen molar-refractivity contribution in [2.45, 2.75) is 32.7 Å². The molecule has 0 aliphatic carbocycles. The van der Waals surface area contributed by atoms with Gasteiger partial charge in [-0.3, -0.25) is 0 Å². The van der Waals surface area contributed by atoms with E-state index in [0.29, 0.717) is 19.6 Å². The lowest BCUT2D eigenvalue weighted by molar-refractivity contribution is -0.901. The molecule has 1 aromatic heterocycles. The summed E-state index contributed by atoms with van der Waals surface area (Å²) >= 11 is 3.39. The first-order valence-corrected chi connectivity index (χ1v) is 8.03. The van der Waals surface area contributed by atoms with Gasteiger partial charge >= 0.3 is 6.09 Å². The first-order chi connectivity index (χ1) is 9.76. The maximum atomic E-state index is 11.9. The molecule has 1 aliphatic rings. The Labute approximate surface area is 134 Å². The standard InChI is InChI=1S/C15H22BrN3O2/c1-15(2,3)19(14(20)21)9-4-7-18(8-10-19)13-6-5-12(16)11-17-13/h5-6,11H,4,7-10H2,1-3H3/p+1. The van der Waals surface area contributed by atoms with Gasteiger partial charge in [0.25, 0.3) is 0 Å². The fourth-order valence-corrected chi connectivity index (χ4v) is 3.21. The number of carbonyl (C=O) groups is 1. The van der Waals surface area contributed by atoms with Crippen LogP contribution in [0.2, 0.25) is 0 Å². The third-order valence-electron chi connectivity index (χ3n) is 4.41. The molecule has 1 fully saturated rings. The van der Waals surface area contributed by atoms with Crippen molar-refractivity contribution < 1.29 is 14.4 Å². The van der Waals surface area contributed by atoms with Crippen LogP contribution in [0, 0.1) is 0 Å². The summed E-state index contributed by atoms with van der Waals surface area (Å²) in [6, 6.07) is 3.94. The Morgan fingerprint density at radius 1 is 1.33 bits per heavy atom. The van der Waals surface area contributed by atoms with Gasteiger partial charge in [-0.05, 0) is 48.8 Å². The fourth-order valence-electron chi connectivity index (χ4n) is 2.98. The average molecular weight is 357 g/mol. The van der Waals surface area contributed by atoms with Crippen LogP contribution in [0.5, 0.6) is 0 Å². The van der Waals surface area contributed by atoms with Crippen LogP contribution in [-0.2, 0) is 0 Å². The van der Waals surface area contributed by atoms with E-state index in [-0.39, 0.29) is 10.0 Å². The second-order valence-electron chi connectivity index (χ2n) is 6.54. The van der Waals surface area contributed by atoms with Gasteiger partial charge in [0.15, 0.2) is 0 Å². The zero-order chi connectivity index (χ0) is 15.7. The van der Waals surface area contributed by atoms with Gasteiger partial charge in [-0.2, -0.15) is 4.79 Å². The van der Waals surface area contributed by atoms with Crippen LogP contribution in [0.4, 0.5) is 10.6 Å². The molecule has 116 valence electrons. The SMILES string of the molecule is CC(C)(C)[N+]1(C(=O)O)CCCN(c2ccc(Br)cn2)CC1. The Balaban J connectivity index is 2.21. The predicted octanol–water partition coefficient (Wildman–Crippen LogP) is 3.35. The first-order valence-electron chi connectivity index (χ1n) is 7.23. The first kappa shape index (κ1) is 16.2. The number of rotatable bonds is 1. The Morgan fingerprint density at radius 2 is 2.05 bits per heavy atom. The molecule has 2 rings (SSSR count). The fraction of sp³-hybridized carbons (Fsp3) is 0.600. The summed E-state index contributed by atoms with van der Waals surface area (Å²) < 4.78 is 1.06. The number of anilines is 1. The maximum absolute atomic E-state index is 11.9. The van der Waals surface area contributed by atoms with E-state index in [2.05, 4.69) is 25.8 Å². The Hall–Kier alpha value is -1.14. The highest BCUT2D eigenvalue weighted by Crippen LogP contribution is 2.28. The number of amides is 1. The summed E-state index contributed by atoms with van der Waals surface area (Å²) in [6.45, 7) is 8.83. The number of halogens is 1. The lowest BCUT2D eigenvalue weighted by Gasteiger charge is -2.42. The van der Waals surface area contributed by atoms with Gasteiger partial charge in [-0.15, -0.1) is 0 Å². The number of nitrogens with zero attached hydrogens (tertiary/aromatic N) is 3. The van der Waals surface area contributed by atoms with Gasteiger partial charge < -0.3 is 10.0 Å². The number of pyridine rings is 1. The van der Waals surface area contributed by atoms with Crippen molar-refractivity contribution >= 4 is 27.8 Å². The number of aromatic nitrogens is 1. The molecule has 6 heteroatoms. The highest BCUT2D eigenvalue weighted by molar-refractivity contribution is 9.10. The summed E-state index contributed by atoms with van der Waals surface area (Å²) in [5.74, 6) is 0.914. The third kappa shape index (κ3) is 3.21. The second kappa shape index (κ2) is 5.93. The number of hydrogen-bond donors (Lipinski definition) is 1. The van der Waals surface area contributed by atoms with E-state index in [1.54, 1.807) is 6.20 Å². The van der Waals surface area contributed by atoms with E-state index in [0.717, 1.165) is 23.3 Å². The molecule has 1 saturated heterocycles. The lowest BCUT2D eigenvalue weighted by Crippen LogP contribution is -2.64. The molecule has 1 amide bonds. The Kier molecular flexibility index (Phi) is 4.58. The zero-order valence-corrected chi connectivity index (χ0v) is 14.4. The Morgan fingerprint density at radius 3 is 2.57 bits per heavy atom. The van der Waals surface area contributed by atoms with Crippen LogP contribution in [0.15, 0.2) is 22.8 Å². The van der Waals surface area contributed by atoms with Crippen LogP contribution in [0.1, 0.15) is 27.2 Å². The molecule has 1 N–H and O–H groups in total. The third-order valence-corrected chi connectivity index (χ3v) is 4.87. The topological polar surface area (TPSA) is 53.4 Å². The minimum atomic E-state index is -0.729. The molecule has 0 radical (unpaired) electrons. The van der Waals surface area contributed by atoms with E-state index in [1.165, 1.54) is 0 Å². The summed E-state index contributed by atoms with van der Waals surface area (Å²) in [5.41, 5.74) is -0.311. The minimum Gasteiger partial charge on any atom is -0.435 e. The smallest absolute Gasteiger partial charge is 0.435 e. The van der Waals surface area contributed by atoms with E-state index < -0.39 is 6.09 Å². The van der Waals surface area contributed by atoms with Gasteiger partial charge in [0, 0.05) is 23.6 Å². The lowest BCUT2D eigenvalue weighted by atomic mass is 10.0. The highest BCUT2D eigenvalue weighted by atomic mass is 79.9. The van der Waals surface area contributed by atoms with Gasteiger partial charge in [-0.25, -0.2) is 9.47 Å². The molecular weight excluding hydrogens is 334 g/mol. The quantitative estimate of drug-likeness (QED) is 0.784. The predicted molar refractivity (Wildman–Crippen MR) is 86.5 cm³/mol. The maximum Gasteiger partial charge on any atom is 0.514 e. The number of hydrogen-bond acceptors (Lipinski definition) is 3. The highest BCUT2D eigenvalue weighted by Gasteiger charge is 2.48. The number of carboxylic acid groups (broad SMARTS) is 1. The normalized spacial score (nSPS) is 23.7. The molecule has 2 heterocycles. The van der Waals surface area contributed by atoms with Crippen molar-refractivity contribution in [1.29, 1.82) is 0 Å². The van der Waals surface area contributed by atoms with Gasteiger partial charge in [-0.1, -0.05) is 0 Å². The molecule has 0 bridgehead atoms. The molecule has 0 saturated carbocycles. The van der Waals surface area contributed by atoms with Crippen molar-refractivity contribution in [2.75, 3.05) is 31.1 Å². The molecule has 5 nitrogen and oxygen atoms in total. The number of quaternary nitrogens is 1.